The average molecular weight is 259 g/mol. The molecule has 0 saturated heterocycles. The number of aryl methyl sites for hydroxylation is 1. The molecule has 5 heteroatoms. The third-order valence-electron chi connectivity index (χ3n) is 2.79. The molecule has 0 aliphatic carbocycles. The molecule has 0 aliphatic rings. The number of hydrogen-bond acceptors (Lipinski definition) is 2. The predicted molar refractivity (Wildman–Crippen MR) is 69.8 cm³/mol. The van der Waals surface area contributed by atoms with Crippen LogP contribution >= 0.6 is 0 Å². The summed E-state index contributed by atoms with van der Waals surface area (Å²) in [6.45, 7) is 3.43. The smallest absolute Gasteiger partial charge is 0.244 e. The van der Waals surface area contributed by atoms with Gasteiger partial charge >= 0.3 is 0 Å². The third-order valence-corrected chi connectivity index (χ3v) is 2.79. The first kappa shape index (κ1) is 13.0. The lowest BCUT2D eigenvalue weighted by molar-refractivity contribution is -0.117. The number of halogens is 1. The van der Waals surface area contributed by atoms with Gasteiger partial charge in [0.15, 0.2) is 0 Å². The highest BCUT2D eigenvalue weighted by atomic mass is 19.1. The van der Waals surface area contributed by atoms with Crippen molar-refractivity contribution in [3.05, 3.63) is 66.5 Å². The van der Waals surface area contributed by atoms with Crippen LogP contribution in [-0.2, 0) is 11.8 Å². The molecule has 1 amide bonds. The van der Waals surface area contributed by atoms with Gasteiger partial charge in [-0.1, -0.05) is 18.7 Å². The minimum atomic E-state index is -0.439. The van der Waals surface area contributed by atoms with Crippen LogP contribution in [0.3, 0.4) is 0 Å². The monoisotopic (exact) mass is 259 g/mol. The van der Waals surface area contributed by atoms with Gasteiger partial charge in [0.1, 0.15) is 17.7 Å². The van der Waals surface area contributed by atoms with Crippen LogP contribution in [0.2, 0.25) is 0 Å². The Balaban J connectivity index is 2.39. The summed E-state index contributed by atoms with van der Waals surface area (Å²) < 4.78 is 14.8. The van der Waals surface area contributed by atoms with Crippen molar-refractivity contribution in [1.29, 1.82) is 0 Å². The molecule has 2 rings (SSSR count). The van der Waals surface area contributed by atoms with Crippen molar-refractivity contribution in [2.75, 3.05) is 0 Å². The van der Waals surface area contributed by atoms with Crippen molar-refractivity contribution in [2.24, 2.45) is 7.05 Å². The zero-order chi connectivity index (χ0) is 13.8. The van der Waals surface area contributed by atoms with E-state index in [1.54, 1.807) is 29.1 Å². The molecule has 0 radical (unpaired) electrons. The summed E-state index contributed by atoms with van der Waals surface area (Å²) >= 11 is 0. The van der Waals surface area contributed by atoms with Crippen LogP contribution in [0.15, 0.2) is 49.3 Å². The van der Waals surface area contributed by atoms with Crippen molar-refractivity contribution in [1.82, 2.24) is 14.9 Å². The fourth-order valence-corrected chi connectivity index (χ4v) is 1.81. The van der Waals surface area contributed by atoms with Crippen LogP contribution in [0.5, 0.6) is 0 Å². The van der Waals surface area contributed by atoms with Gasteiger partial charge in [-0.25, -0.2) is 9.37 Å². The number of nitrogens with one attached hydrogen (secondary N) is 1. The number of imidazole rings is 1. The van der Waals surface area contributed by atoms with Gasteiger partial charge in [0.05, 0.1) is 0 Å². The molecule has 1 N–H and O–H groups in total. The Kier molecular flexibility index (Phi) is 3.75. The molecule has 0 saturated carbocycles. The molecule has 2 aromatic rings. The summed E-state index contributed by atoms with van der Waals surface area (Å²) in [7, 11) is 1.83. The molecule has 1 atom stereocenters. The number of hydrogen-bond donors (Lipinski definition) is 1. The van der Waals surface area contributed by atoms with E-state index in [0.717, 1.165) is 5.56 Å². The first-order valence-electron chi connectivity index (χ1n) is 5.77. The molecule has 1 aromatic carbocycles. The number of benzene rings is 1. The number of amides is 1. The minimum absolute atomic E-state index is 0.308. The number of aromatic nitrogens is 2. The standard InChI is InChI=1S/C14H14FN3O/c1-3-12(19)17-13(14-16-8-9-18(14)2)10-4-6-11(15)7-5-10/h3-9,13H,1H2,2H3,(H,17,19). The molecule has 19 heavy (non-hydrogen) atoms. The largest absolute Gasteiger partial charge is 0.339 e. The molecule has 0 spiro atoms. The second-order valence-electron chi connectivity index (χ2n) is 4.09. The maximum atomic E-state index is 13.0. The van der Waals surface area contributed by atoms with Crippen molar-refractivity contribution < 1.29 is 9.18 Å². The molecular formula is C14H14FN3O. The van der Waals surface area contributed by atoms with E-state index in [4.69, 9.17) is 0 Å². The van der Waals surface area contributed by atoms with Gasteiger partial charge in [0.25, 0.3) is 0 Å². The maximum absolute atomic E-state index is 13.0. The normalized spacial score (nSPS) is 11.9. The summed E-state index contributed by atoms with van der Waals surface area (Å²) in [5, 5.41) is 2.78. The molecule has 1 unspecified atom stereocenters. The molecule has 1 heterocycles. The van der Waals surface area contributed by atoms with E-state index in [9.17, 15) is 9.18 Å². The topological polar surface area (TPSA) is 46.9 Å². The van der Waals surface area contributed by atoms with E-state index in [-0.39, 0.29) is 11.7 Å². The summed E-state index contributed by atoms with van der Waals surface area (Å²) in [4.78, 5) is 15.8. The SMILES string of the molecule is C=CC(=O)NC(c1ccc(F)cc1)c1nccn1C. The Hall–Kier alpha value is -2.43. The highest BCUT2D eigenvalue weighted by Crippen LogP contribution is 2.20. The second-order valence-corrected chi connectivity index (χ2v) is 4.09. The summed E-state index contributed by atoms with van der Waals surface area (Å²) in [5.74, 6) is 0.0384. The molecular weight excluding hydrogens is 245 g/mol. The highest BCUT2D eigenvalue weighted by molar-refractivity contribution is 5.87. The average Bonchev–Trinajstić information content (AvgIpc) is 2.83. The number of rotatable bonds is 4. The Bertz CT molecular complexity index is 589. The van der Waals surface area contributed by atoms with Gasteiger partial charge in [0, 0.05) is 19.4 Å². The van der Waals surface area contributed by atoms with Crippen molar-refractivity contribution in [3.63, 3.8) is 0 Å². The zero-order valence-electron chi connectivity index (χ0n) is 10.5. The zero-order valence-corrected chi connectivity index (χ0v) is 10.5. The van der Waals surface area contributed by atoms with Crippen LogP contribution in [0.1, 0.15) is 17.4 Å². The van der Waals surface area contributed by atoms with Gasteiger partial charge in [-0.3, -0.25) is 4.79 Å². The van der Waals surface area contributed by atoms with Crippen LogP contribution < -0.4 is 5.32 Å². The van der Waals surface area contributed by atoms with Gasteiger partial charge in [-0.05, 0) is 23.8 Å². The minimum Gasteiger partial charge on any atom is -0.339 e. The first-order chi connectivity index (χ1) is 9.11. The van der Waals surface area contributed by atoms with Gasteiger partial charge in [-0.15, -0.1) is 0 Å². The summed E-state index contributed by atoms with van der Waals surface area (Å²) in [6, 6.07) is 5.51. The molecule has 1 aromatic heterocycles. The van der Waals surface area contributed by atoms with Gasteiger partial charge in [0.2, 0.25) is 5.91 Å². The fraction of sp³-hybridized carbons (Fsp3) is 0.143. The number of nitrogens with zero attached hydrogens (tertiary/aromatic N) is 2. The Morgan fingerprint density at radius 3 is 2.68 bits per heavy atom. The number of carbonyl (C=O) groups is 1. The van der Waals surface area contributed by atoms with Gasteiger partial charge in [-0.2, -0.15) is 0 Å². The molecule has 0 fully saturated rings. The summed E-state index contributed by atoms with van der Waals surface area (Å²) in [6.07, 6.45) is 4.62. The predicted octanol–water partition coefficient (Wildman–Crippen LogP) is 1.95. The van der Waals surface area contributed by atoms with E-state index in [2.05, 4.69) is 16.9 Å². The van der Waals surface area contributed by atoms with Gasteiger partial charge < -0.3 is 9.88 Å². The lowest BCUT2D eigenvalue weighted by Crippen LogP contribution is -2.29. The highest BCUT2D eigenvalue weighted by Gasteiger charge is 2.19. The quantitative estimate of drug-likeness (QED) is 0.853. The fourth-order valence-electron chi connectivity index (χ4n) is 1.81. The van der Waals surface area contributed by atoms with E-state index in [1.165, 1.54) is 18.2 Å². The van der Waals surface area contributed by atoms with Crippen LogP contribution in [0.25, 0.3) is 0 Å². The number of carbonyl (C=O) groups excluding carboxylic acids is 1. The van der Waals surface area contributed by atoms with Crippen LogP contribution in [0.4, 0.5) is 4.39 Å². The Morgan fingerprint density at radius 2 is 2.16 bits per heavy atom. The molecule has 98 valence electrons. The van der Waals surface area contributed by atoms with Crippen molar-refractivity contribution in [2.45, 2.75) is 6.04 Å². The second kappa shape index (κ2) is 5.48. The molecule has 0 bridgehead atoms. The maximum Gasteiger partial charge on any atom is 0.244 e. The van der Waals surface area contributed by atoms with E-state index >= 15 is 0 Å². The molecule has 0 aliphatic heterocycles. The Morgan fingerprint density at radius 1 is 1.47 bits per heavy atom. The van der Waals surface area contributed by atoms with Crippen LogP contribution in [-0.4, -0.2) is 15.5 Å². The Labute approximate surface area is 110 Å². The van der Waals surface area contributed by atoms with Crippen molar-refractivity contribution >= 4 is 5.91 Å². The molecule has 4 nitrogen and oxygen atoms in total. The third kappa shape index (κ3) is 2.88. The lowest BCUT2D eigenvalue weighted by atomic mass is 10.1. The lowest BCUT2D eigenvalue weighted by Gasteiger charge is -2.18. The van der Waals surface area contributed by atoms with Crippen LogP contribution in [0, 0.1) is 5.82 Å². The summed E-state index contributed by atoms with van der Waals surface area (Å²) in [5.41, 5.74) is 0.755. The van der Waals surface area contributed by atoms with E-state index in [1.807, 2.05) is 7.05 Å². The van der Waals surface area contributed by atoms with E-state index < -0.39 is 6.04 Å². The van der Waals surface area contributed by atoms with E-state index in [0.29, 0.717) is 5.82 Å². The van der Waals surface area contributed by atoms with Crippen molar-refractivity contribution in [3.8, 4) is 0 Å². The first-order valence-corrected chi connectivity index (χ1v) is 5.77.